The minimum Gasteiger partial charge on any atom is -0.472 e. The van der Waals surface area contributed by atoms with Gasteiger partial charge in [-0.05, 0) is 13.0 Å². The Morgan fingerprint density at radius 2 is 2.09 bits per heavy atom. The van der Waals surface area contributed by atoms with Crippen molar-refractivity contribution < 1.29 is 8.94 Å². The van der Waals surface area contributed by atoms with E-state index >= 15 is 0 Å². The first kappa shape index (κ1) is 14.4. The van der Waals surface area contributed by atoms with Gasteiger partial charge in [0, 0.05) is 31.6 Å². The van der Waals surface area contributed by atoms with Crippen LogP contribution in [-0.4, -0.2) is 46.2 Å². The summed E-state index contributed by atoms with van der Waals surface area (Å²) in [5, 5.41) is 7.26. The van der Waals surface area contributed by atoms with Gasteiger partial charge in [-0.15, -0.1) is 11.3 Å². The molecule has 23 heavy (non-hydrogen) atoms. The first-order chi connectivity index (χ1) is 11.3. The Kier molecular flexibility index (Phi) is 3.84. The molecule has 0 atom stereocenters. The highest BCUT2D eigenvalue weighted by Gasteiger charge is 2.21. The monoisotopic (exact) mass is 331 g/mol. The van der Waals surface area contributed by atoms with Crippen molar-refractivity contribution in [2.75, 3.05) is 31.1 Å². The molecule has 0 saturated carbocycles. The summed E-state index contributed by atoms with van der Waals surface area (Å²) in [5.74, 6) is 1.21. The van der Waals surface area contributed by atoms with Crippen molar-refractivity contribution in [2.45, 2.75) is 13.5 Å². The Balaban J connectivity index is 1.34. The molecule has 1 aliphatic rings. The van der Waals surface area contributed by atoms with E-state index in [0.29, 0.717) is 18.3 Å². The van der Waals surface area contributed by atoms with E-state index in [0.717, 1.165) is 42.6 Å². The fraction of sp³-hybridized carbons (Fsp3) is 0.400. The molecule has 3 aromatic rings. The Hall–Kier alpha value is -2.19. The molecule has 0 bridgehead atoms. The average molecular weight is 331 g/mol. The van der Waals surface area contributed by atoms with Crippen molar-refractivity contribution >= 4 is 16.5 Å². The highest BCUT2D eigenvalue weighted by Crippen LogP contribution is 2.22. The highest BCUT2D eigenvalue weighted by atomic mass is 32.1. The Morgan fingerprint density at radius 1 is 1.22 bits per heavy atom. The SMILES string of the molecule is Cc1csc(N2CCN(Cc3noc(-c4ccoc4)n3)CC2)n1. The smallest absolute Gasteiger partial charge is 0.261 e. The maximum absolute atomic E-state index is 5.28. The number of rotatable bonds is 4. The molecule has 4 rings (SSSR count). The Bertz CT molecular complexity index is 759. The number of piperazine rings is 1. The van der Waals surface area contributed by atoms with Crippen molar-refractivity contribution in [3.05, 3.63) is 35.5 Å². The van der Waals surface area contributed by atoms with E-state index in [2.05, 4.69) is 30.3 Å². The van der Waals surface area contributed by atoms with Gasteiger partial charge in [0.1, 0.15) is 6.26 Å². The number of hydrogen-bond acceptors (Lipinski definition) is 8. The summed E-state index contributed by atoms with van der Waals surface area (Å²) in [6.07, 6.45) is 3.20. The van der Waals surface area contributed by atoms with Gasteiger partial charge in [0.05, 0.1) is 24.1 Å². The van der Waals surface area contributed by atoms with Gasteiger partial charge in [0.25, 0.3) is 5.89 Å². The second-order valence-corrected chi connectivity index (χ2v) is 6.40. The summed E-state index contributed by atoms with van der Waals surface area (Å²) in [6.45, 7) is 6.61. The zero-order valence-electron chi connectivity index (χ0n) is 12.8. The van der Waals surface area contributed by atoms with Gasteiger partial charge in [-0.3, -0.25) is 4.90 Å². The lowest BCUT2D eigenvalue weighted by Crippen LogP contribution is -2.46. The van der Waals surface area contributed by atoms with Gasteiger partial charge in [0.2, 0.25) is 0 Å². The summed E-state index contributed by atoms with van der Waals surface area (Å²) in [5.41, 5.74) is 1.90. The van der Waals surface area contributed by atoms with E-state index in [9.17, 15) is 0 Å². The minimum absolute atomic E-state index is 0.505. The van der Waals surface area contributed by atoms with Gasteiger partial charge in [-0.2, -0.15) is 4.98 Å². The van der Waals surface area contributed by atoms with Crippen LogP contribution in [-0.2, 0) is 6.54 Å². The van der Waals surface area contributed by atoms with Crippen LogP contribution in [0.5, 0.6) is 0 Å². The lowest BCUT2D eigenvalue weighted by atomic mass is 10.3. The molecule has 1 aliphatic heterocycles. The van der Waals surface area contributed by atoms with E-state index in [-0.39, 0.29) is 0 Å². The zero-order chi connectivity index (χ0) is 15.6. The Morgan fingerprint density at radius 3 is 2.78 bits per heavy atom. The third kappa shape index (κ3) is 3.13. The van der Waals surface area contributed by atoms with E-state index in [1.54, 1.807) is 23.9 Å². The highest BCUT2D eigenvalue weighted by molar-refractivity contribution is 7.13. The van der Waals surface area contributed by atoms with Crippen molar-refractivity contribution in [1.82, 2.24) is 20.0 Å². The van der Waals surface area contributed by atoms with Gasteiger partial charge >= 0.3 is 0 Å². The third-order valence-corrected chi connectivity index (χ3v) is 4.87. The molecular weight excluding hydrogens is 314 g/mol. The summed E-state index contributed by atoms with van der Waals surface area (Å²) >= 11 is 1.71. The maximum Gasteiger partial charge on any atom is 0.261 e. The largest absolute Gasteiger partial charge is 0.472 e. The van der Waals surface area contributed by atoms with Crippen LogP contribution in [0.15, 0.2) is 32.9 Å². The predicted molar refractivity (Wildman–Crippen MR) is 86.3 cm³/mol. The fourth-order valence-electron chi connectivity index (χ4n) is 2.61. The molecular formula is C15H17N5O2S. The van der Waals surface area contributed by atoms with Crippen LogP contribution >= 0.6 is 11.3 Å². The number of thiazole rings is 1. The van der Waals surface area contributed by atoms with Gasteiger partial charge in [0.15, 0.2) is 11.0 Å². The topological polar surface area (TPSA) is 71.4 Å². The molecule has 0 N–H and O–H groups in total. The molecule has 0 radical (unpaired) electrons. The van der Waals surface area contributed by atoms with Gasteiger partial charge < -0.3 is 13.8 Å². The maximum atomic E-state index is 5.28. The number of aryl methyl sites for hydroxylation is 1. The number of aromatic nitrogens is 3. The quantitative estimate of drug-likeness (QED) is 0.727. The molecule has 120 valence electrons. The Labute approximate surface area is 137 Å². The van der Waals surface area contributed by atoms with E-state index in [4.69, 9.17) is 8.94 Å². The molecule has 0 aliphatic carbocycles. The zero-order valence-corrected chi connectivity index (χ0v) is 13.6. The minimum atomic E-state index is 0.505. The van der Waals surface area contributed by atoms with Crippen LogP contribution in [0, 0.1) is 6.92 Å². The molecule has 7 nitrogen and oxygen atoms in total. The molecule has 0 unspecified atom stereocenters. The van der Waals surface area contributed by atoms with Crippen LogP contribution in [0.25, 0.3) is 11.5 Å². The summed E-state index contributed by atoms with van der Waals surface area (Å²) < 4.78 is 10.3. The summed E-state index contributed by atoms with van der Waals surface area (Å²) in [7, 11) is 0. The van der Waals surface area contributed by atoms with Crippen LogP contribution in [0.4, 0.5) is 5.13 Å². The lowest BCUT2D eigenvalue weighted by molar-refractivity contribution is 0.240. The predicted octanol–water partition coefficient (Wildman–Crippen LogP) is 2.42. The van der Waals surface area contributed by atoms with Crippen LogP contribution in [0.2, 0.25) is 0 Å². The number of furan rings is 1. The molecule has 0 spiro atoms. The molecule has 1 fully saturated rings. The van der Waals surface area contributed by atoms with Crippen LogP contribution in [0.1, 0.15) is 11.5 Å². The molecule has 4 heterocycles. The first-order valence-electron chi connectivity index (χ1n) is 7.52. The number of anilines is 1. The second kappa shape index (κ2) is 6.13. The number of nitrogens with zero attached hydrogens (tertiary/aromatic N) is 5. The molecule has 0 amide bonds. The van der Waals surface area contributed by atoms with Crippen molar-refractivity contribution in [3.63, 3.8) is 0 Å². The van der Waals surface area contributed by atoms with Crippen LogP contribution in [0.3, 0.4) is 0 Å². The standard InChI is InChI=1S/C15H17N5O2S/c1-11-10-23-15(16-11)20-5-3-19(4-6-20)8-13-17-14(22-18-13)12-2-7-21-9-12/h2,7,9-10H,3-6,8H2,1H3. The molecule has 8 heteroatoms. The van der Waals surface area contributed by atoms with Crippen molar-refractivity contribution in [3.8, 4) is 11.5 Å². The molecule has 1 saturated heterocycles. The summed E-state index contributed by atoms with van der Waals surface area (Å²) in [6, 6.07) is 1.81. The van der Waals surface area contributed by atoms with Crippen molar-refractivity contribution in [2.24, 2.45) is 0 Å². The van der Waals surface area contributed by atoms with Gasteiger partial charge in [-0.25, -0.2) is 4.98 Å². The third-order valence-electron chi connectivity index (χ3n) is 3.85. The first-order valence-corrected chi connectivity index (χ1v) is 8.40. The molecule has 3 aromatic heterocycles. The van der Waals surface area contributed by atoms with E-state index < -0.39 is 0 Å². The fourth-order valence-corrected chi connectivity index (χ4v) is 3.46. The van der Waals surface area contributed by atoms with Crippen LogP contribution < -0.4 is 4.90 Å². The van der Waals surface area contributed by atoms with Gasteiger partial charge in [-0.1, -0.05) is 5.16 Å². The number of hydrogen-bond donors (Lipinski definition) is 0. The summed E-state index contributed by atoms with van der Waals surface area (Å²) in [4.78, 5) is 13.6. The normalized spacial score (nSPS) is 16.1. The van der Waals surface area contributed by atoms with E-state index in [1.165, 1.54) is 0 Å². The molecule has 0 aromatic carbocycles. The second-order valence-electron chi connectivity index (χ2n) is 5.56. The van der Waals surface area contributed by atoms with Crippen molar-refractivity contribution in [1.29, 1.82) is 0 Å². The van der Waals surface area contributed by atoms with E-state index in [1.807, 2.05) is 13.0 Å². The lowest BCUT2D eigenvalue weighted by Gasteiger charge is -2.33. The average Bonchev–Trinajstić information content (AvgIpc) is 3.28.